The average molecular weight is 393 g/mol. The highest BCUT2D eigenvalue weighted by Gasteiger charge is 2.43. The van der Waals surface area contributed by atoms with Gasteiger partial charge in [0.15, 0.2) is 11.6 Å². The van der Waals surface area contributed by atoms with Crippen LogP contribution in [-0.2, 0) is 10.2 Å². The van der Waals surface area contributed by atoms with Gasteiger partial charge in [0.2, 0.25) is 0 Å². The minimum atomic E-state index is -4.11. The van der Waals surface area contributed by atoms with Gasteiger partial charge in [0.25, 0.3) is 0 Å². The Morgan fingerprint density at radius 3 is 2.26 bits per heavy atom. The zero-order chi connectivity index (χ0) is 19.0. The maximum Gasteiger partial charge on any atom is 0.331 e. The summed E-state index contributed by atoms with van der Waals surface area (Å²) in [5.74, 6) is -1.38. The van der Waals surface area contributed by atoms with Crippen molar-refractivity contribution in [1.82, 2.24) is 5.32 Å². The third-order valence-electron chi connectivity index (χ3n) is 5.22. The van der Waals surface area contributed by atoms with Gasteiger partial charge in [-0.05, 0) is 62.5 Å². The SMILES string of the molecule is O=S1(=O)N(CCC2CCNCC2)c2ccccc2N1c1c(F)cccc1F. The molecule has 1 fully saturated rings. The number of fused-ring (bicyclic) bond motifs is 1. The van der Waals surface area contributed by atoms with E-state index in [2.05, 4.69) is 5.32 Å². The number of nitrogens with zero attached hydrogens (tertiary/aromatic N) is 2. The Labute approximate surface area is 157 Å². The minimum absolute atomic E-state index is 0.270. The summed E-state index contributed by atoms with van der Waals surface area (Å²) in [7, 11) is -4.11. The van der Waals surface area contributed by atoms with Crippen LogP contribution in [0.4, 0.5) is 25.8 Å². The largest absolute Gasteiger partial charge is 0.331 e. The summed E-state index contributed by atoms with van der Waals surface area (Å²) in [6.45, 7) is 2.15. The molecule has 2 aliphatic rings. The van der Waals surface area contributed by atoms with Crippen LogP contribution in [0.5, 0.6) is 0 Å². The number of halogens is 2. The number of hydrogen-bond donors (Lipinski definition) is 1. The second-order valence-corrected chi connectivity index (χ2v) is 8.59. The Morgan fingerprint density at radius 2 is 1.59 bits per heavy atom. The lowest BCUT2D eigenvalue weighted by atomic mass is 9.95. The normalized spacial score (nSPS) is 19.3. The Hall–Kier alpha value is -2.19. The fraction of sp³-hybridized carbons (Fsp3) is 0.368. The van der Waals surface area contributed by atoms with Gasteiger partial charge in [0.05, 0.1) is 11.4 Å². The molecule has 5 nitrogen and oxygen atoms in total. The van der Waals surface area contributed by atoms with Gasteiger partial charge in [-0.25, -0.2) is 13.1 Å². The molecule has 8 heteroatoms. The maximum absolute atomic E-state index is 14.4. The number of hydrogen-bond acceptors (Lipinski definition) is 3. The van der Waals surface area contributed by atoms with E-state index >= 15 is 0 Å². The van der Waals surface area contributed by atoms with Gasteiger partial charge in [-0.15, -0.1) is 0 Å². The highest BCUT2D eigenvalue weighted by Crippen LogP contribution is 2.46. The summed E-state index contributed by atoms with van der Waals surface area (Å²) in [6, 6.07) is 9.99. The van der Waals surface area contributed by atoms with Crippen LogP contribution in [0.2, 0.25) is 0 Å². The highest BCUT2D eigenvalue weighted by molar-refractivity contribution is 7.95. The van der Waals surface area contributed by atoms with Crippen LogP contribution in [0.25, 0.3) is 0 Å². The molecule has 0 unspecified atom stereocenters. The molecule has 27 heavy (non-hydrogen) atoms. The van der Waals surface area contributed by atoms with E-state index in [-0.39, 0.29) is 12.2 Å². The number of para-hydroxylation sites is 3. The van der Waals surface area contributed by atoms with Crippen LogP contribution in [0, 0.1) is 17.6 Å². The first-order valence-electron chi connectivity index (χ1n) is 9.07. The predicted octanol–water partition coefficient (Wildman–Crippen LogP) is 3.56. The Morgan fingerprint density at radius 1 is 0.963 bits per heavy atom. The van der Waals surface area contributed by atoms with E-state index < -0.39 is 27.5 Å². The molecule has 0 atom stereocenters. The van der Waals surface area contributed by atoms with Crippen LogP contribution in [0.1, 0.15) is 19.3 Å². The van der Waals surface area contributed by atoms with Crippen LogP contribution >= 0.6 is 0 Å². The van der Waals surface area contributed by atoms with Crippen molar-refractivity contribution < 1.29 is 17.2 Å². The van der Waals surface area contributed by atoms with Crippen molar-refractivity contribution >= 4 is 27.3 Å². The van der Waals surface area contributed by atoms with Gasteiger partial charge >= 0.3 is 10.2 Å². The molecule has 0 radical (unpaired) electrons. The molecule has 1 saturated heterocycles. The summed E-state index contributed by atoms with van der Waals surface area (Å²) in [5.41, 5.74) is 0.162. The fourth-order valence-corrected chi connectivity index (χ4v) is 5.56. The van der Waals surface area contributed by atoms with Gasteiger partial charge in [-0.1, -0.05) is 18.2 Å². The molecule has 1 N–H and O–H groups in total. The van der Waals surface area contributed by atoms with E-state index in [1.807, 2.05) is 0 Å². The molecule has 2 aromatic rings. The fourth-order valence-electron chi connectivity index (χ4n) is 3.82. The molecule has 2 heterocycles. The lowest BCUT2D eigenvalue weighted by molar-refractivity contribution is 0.358. The van der Waals surface area contributed by atoms with Crippen molar-refractivity contribution in [2.45, 2.75) is 19.3 Å². The monoisotopic (exact) mass is 393 g/mol. The van der Waals surface area contributed by atoms with Crippen molar-refractivity contribution in [3.05, 3.63) is 54.1 Å². The van der Waals surface area contributed by atoms with E-state index in [1.165, 1.54) is 10.4 Å². The zero-order valence-electron chi connectivity index (χ0n) is 14.7. The second-order valence-electron chi connectivity index (χ2n) is 6.89. The maximum atomic E-state index is 14.4. The van der Waals surface area contributed by atoms with Crippen molar-refractivity contribution in [3.8, 4) is 0 Å². The van der Waals surface area contributed by atoms with Crippen molar-refractivity contribution in [2.75, 3.05) is 28.2 Å². The standard InChI is InChI=1S/C19H21F2N3O2S/c20-15-4-3-5-16(21)19(15)24-18-7-2-1-6-17(18)23(27(24,25)26)13-10-14-8-11-22-12-9-14/h1-7,14,22H,8-13H2. The summed E-state index contributed by atoms with van der Waals surface area (Å²) in [6.07, 6.45) is 2.71. The third kappa shape index (κ3) is 3.17. The van der Waals surface area contributed by atoms with Crippen LogP contribution in [0.3, 0.4) is 0 Å². The molecule has 0 amide bonds. The smallest absolute Gasteiger partial charge is 0.317 e. The molecule has 2 aromatic carbocycles. The van der Waals surface area contributed by atoms with Crippen molar-refractivity contribution in [1.29, 1.82) is 0 Å². The minimum Gasteiger partial charge on any atom is -0.317 e. The zero-order valence-corrected chi connectivity index (χ0v) is 15.6. The van der Waals surface area contributed by atoms with E-state index in [0.717, 1.165) is 42.4 Å². The number of rotatable bonds is 4. The summed E-state index contributed by atoms with van der Waals surface area (Å²) < 4.78 is 57.3. The number of benzene rings is 2. The first kappa shape index (κ1) is 18.2. The van der Waals surface area contributed by atoms with Gasteiger partial charge in [-0.3, -0.25) is 4.31 Å². The quantitative estimate of drug-likeness (QED) is 0.864. The van der Waals surface area contributed by atoms with Gasteiger partial charge in [0, 0.05) is 6.54 Å². The topological polar surface area (TPSA) is 52.7 Å². The van der Waals surface area contributed by atoms with Gasteiger partial charge in [0.1, 0.15) is 5.69 Å². The number of anilines is 3. The Kier molecular flexibility index (Phi) is 4.77. The molecule has 0 aromatic heterocycles. The van der Waals surface area contributed by atoms with Crippen molar-refractivity contribution in [2.24, 2.45) is 5.92 Å². The number of piperidine rings is 1. The second kappa shape index (κ2) is 7.09. The van der Waals surface area contributed by atoms with Gasteiger partial charge in [-0.2, -0.15) is 8.42 Å². The molecular formula is C19H21F2N3O2S. The van der Waals surface area contributed by atoms with E-state index in [0.29, 0.717) is 18.0 Å². The lowest BCUT2D eigenvalue weighted by Gasteiger charge is -2.26. The third-order valence-corrected chi connectivity index (χ3v) is 7.00. The molecule has 2 aliphatic heterocycles. The van der Waals surface area contributed by atoms with E-state index in [4.69, 9.17) is 0 Å². The van der Waals surface area contributed by atoms with Crippen LogP contribution in [0.15, 0.2) is 42.5 Å². The van der Waals surface area contributed by atoms with E-state index in [9.17, 15) is 17.2 Å². The summed E-state index contributed by atoms with van der Waals surface area (Å²) in [4.78, 5) is 0. The highest BCUT2D eigenvalue weighted by atomic mass is 32.2. The predicted molar refractivity (Wildman–Crippen MR) is 101 cm³/mol. The lowest BCUT2D eigenvalue weighted by Crippen LogP contribution is -2.38. The Bertz CT molecular complexity index is 925. The van der Waals surface area contributed by atoms with Crippen molar-refractivity contribution in [3.63, 3.8) is 0 Å². The summed E-state index contributed by atoms with van der Waals surface area (Å²) in [5, 5.41) is 3.29. The molecular weight excluding hydrogens is 372 g/mol. The molecule has 4 rings (SSSR count). The first-order valence-corrected chi connectivity index (χ1v) is 10.5. The van der Waals surface area contributed by atoms with Crippen LogP contribution < -0.4 is 13.9 Å². The Balaban J connectivity index is 1.72. The molecule has 0 saturated carbocycles. The number of nitrogens with one attached hydrogen (secondary N) is 1. The van der Waals surface area contributed by atoms with Crippen LogP contribution in [-0.4, -0.2) is 28.1 Å². The average Bonchev–Trinajstić information content (AvgIpc) is 2.88. The molecule has 0 spiro atoms. The van der Waals surface area contributed by atoms with Gasteiger partial charge < -0.3 is 5.32 Å². The van der Waals surface area contributed by atoms with E-state index in [1.54, 1.807) is 24.3 Å². The molecule has 144 valence electrons. The molecule has 0 bridgehead atoms. The summed E-state index contributed by atoms with van der Waals surface area (Å²) >= 11 is 0. The first-order chi connectivity index (χ1) is 13.0. The molecule has 0 aliphatic carbocycles.